The first-order chi connectivity index (χ1) is 9.85. The SMILES string of the molecule is CCNS(=O)(=O)c1ccc(N)c(N(CC(C)C)C2CC2)c1. The van der Waals surface area contributed by atoms with Crippen molar-refractivity contribution >= 4 is 21.4 Å². The number of nitrogens with zero attached hydrogens (tertiary/aromatic N) is 1. The highest BCUT2D eigenvalue weighted by Crippen LogP contribution is 2.36. The first-order valence-corrected chi connectivity index (χ1v) is 8.99. The van der Waals surface area contributed by atoms with Crippen LogP contribution in [-0.4, -0.2) is 27.5 Å². The van der Waals surface area contributed by atoms with Gasteiger partial charge in [0.25, 0.3) is 0 Å². The Labute approximate surface area is 127 Å². The smallest absolute Gasteiger partial charge is 0.240 e. The summed E-state index contributed by atoms with van der Waals surface area (Å²) < 4.78 is 26.8. The van der Waals surface area contributed by atoms with Gasteiger partial charge in [-0.1, -0.05) is 20.8 Å². The van der Waals surface area contributed by atoms with Gasteiger partial charge in [-0.15, -0.1) is 0 Å². The third kappa shape index (κ3) is 3.89. The van der Waals surface area contributed by atoms with Gasteiger partial charge in [-0.2, -0.15) is 0 Å². The van der Waals surface area contributed by atoms with Crippen LogP contribution in [0, 0.1) is 5.92 Å². The van der Waals surface area contributed by atoms with E-state index in [2.05, 4.69) is 23.5 Å². The molecule has 0 spiro atoms. The highest BCUT2D eigenvalue weighted by atomic mass is 32.2. The Morgan fingerprint density at radius 1 is 1.38 bits per heavy atom. The Balaban J connectivity index is 2.38. The first-order valence-electron chi connectivity index (χ1n) is 7.51. The van der Waals surface area contributed by atoms with Crippen LogP contribution in [0.1, 0.15) is 33.6 Å². The van der Waals surface area contributed by atoms with Crippen molar-refractivity contribution in [3.63, 3.8) is 0 Å². The van der Waals surface area contributed by atoms with Crippen molar-refractivity contribution in [2.24, 2.45) is 5.92 Å². The number of benzene rings is 1. The summed E-state index contributed by atoms with van der Waals surface area (Å²) in [6, 6.07) is 5.45. The molecule has 0 amide bonds. The van der Waals surface area contributed by atoms with E-state index in [1.54, 1.807) is 25.1 Å². The second-order valence-electron chi connectivity index (χ2n) is 6.00. The Morgan fingerprint density at radius 2 is 2.05 bits per heavy atom. The van der Waals surface area contributed by atoms with Gasteiger partial charge in [-0.25, -0.2) is 13.1 Å². The minimum Gasteiger partial charge on any atom is -0.397 e. The van der Waals surface area contributed by atoms with Crippen LogP contribution in [0.5, 0.6) is 0 Å². The summed E-state index contributed by atoms with van der Waals surface area (Å²) >= 11 is 0. The van der Waals surface area contributed by atoms with Gasteiger partial charge in [0.2, 0.25) is 10.0 Å². The molecular weight excluding hydrogens is 286 g/mol. The standard InChI is InChI=1S/C15H25N3O2S/c1-4-17-21(19,20)13-7-8-14(16)15(9-13)18(10-11(2)3)12-5-6-12/h7-9,11-12,17H,4-6,10,16H2,1-3H3. The van der Waals surface area contributed by atoms with Gasteiger partial charge in [0.15, 0.2) is 0 Å². The number of nitrogens with one attached hydrogen (secondary N) is 1. The molecule has 0 aromatic heterocycles. The van der Waals surface area contributed by atoms with Crippen LogP contribution in [0.25, 0.3) is 0 Å². The molecule has 5 nitrogen and oxygen atoms in total. The van der Waals surface area contributed by atoms with Gasteiger partial charge in [0.1, 0.15) is 0 Å². The normalized spacial score (nSPS) is 15.4. The van der Waals surface area contributed by atoms with E-state index in [0.29, 0.717) is 24.2 Å². The zero-order valence-electron chi connectivity index (χ0n) is 13.0. The maximum absolute atomic E-state index is 12.2. The van der Waals surface area contributed by atoms with E-state index < -0.39 is 10.0 Å². The molecule has 0 bridgehead atoms. The molecule has 0 atom stereocenters. The summed E-state index contributed by atoms with van der Waals surface area (Å²) in [7, 11) is -3.45. The molecule has 6 heteroatoms. The molecule has 1 aliphatic carbocycles. The molecule has 1 aliphatic rings. The summed E-state index contributed by atoms with van der Waals surface area (Å²) in [5.74, 6) is 0.499. The first kappa shape index (κ1) is 16.1. The molecule has 0 heterocycles. The lowest BCUT2D eigenvalue weighted by Gasteiger charge is -2.28. The molecule has 0 aliphatic heterocycles. The summed E-state index contributed by atoms with van der Waals surface area (Å²) in [6.07, 6.45) is 2.30. The second kappa shape index (κ2) is 6.23. The lowest BCUT2D eigenvalue weighted by atomic mass is 10.1. The molecule has 0 unspecified atom stereocenters. The average Bonchev–Trinajstić information content (AvgIpc) is 3.20. The zero-order valence-corrected chi connectivity index (χ0v) is 13.8. The van der Waals surface area contributed by atoms with Crippen LogP contribution in [0.3, 0.4) is 0 Å². The van der Waals surface area contributed by atoms with E-state index in [-0.39, 0.29) is 4.90 Å². The van der Waals surface area contributed by atoms with Crippen molar-refractivity contribution in [3.05, 3.63) is 18.2 Å². The predicted octanol–water partition coefficient (Wildman–Crippen LogP) is 2.19. The Bertz CT molecular complexity index is 595. The van der Waals surface area contributed by atoms with E-state index in [0.717, 1.165) is 25.1 Å². The second-order valence-corrected chi connectivity index (χ2v) is 7.77. The molecule has 0 radical (unpaired) electrons. The summed E-state index contributed by atoms with van der Waals surface area (Å²) in [6.45, 7) is 7.35. The fourth-order valence-corrected chi connectivity index (χ4v) is 3.50. The fourth-order valence-electron chi connectivity index (χ4n) is 2.44. The number of rotatable bonds is 7. The van der Waals surface area contributed by atoms with Crippen LogP contribution in [-0.2, 0) is 10.0 Å². The van der Waals surface area contributed by atoms with Crippen LogP contribution < -0.4 is 15.4 Å². The van der Waals surface area contributed by atoms with Crippen molar-refractivity contribution in [2.45, 2.75) is 44.6 Å². The van der Waals surface area contributed by atoms with Crippen LogP contribution in [0.2, 0.25) is 0 Å². The number of hydrogen-bond donors (Lipinski definition) is 2. The van der Waals surface area contributed by atoms with Crippen molar-refractivity contribution in [1.29, 1.82) is 0 Å². The third-order valence-corrected chi connectivity index (χ3v) is 5.05. The minimum absolute atomic E-state index is 0.281. The van der Waals surface area contributed by atoms with Gasteiger partial charge in [0.05, 0.1) is 16.3 Å². The molecule has 0 saturated heterocycles. The number of sulfonamides is 1. The predicted molar refractivity (Wildman–Crippen MR) is 86.9 cm³/mol. The summed E-state index contributed by atoms with van der Waals surface area (Å²) in [4.78, 5) is 2.54. The van der Waals surface area contributed by atoms with Gasteiger partial charge >= 0.3 is 0 Å². The Morgan fingerprint density at radius 3 is 2.57 bits per heavy atom. The van der Waals surface area contributed by atoms with Crippen molar-refractivity contribution < 1.29 is 8.42 Å². The lowest BCUT2D eigenvalue weighted by molar-refractivity contribution is 0.583. The van der Waals surface area contributed by atoms with Crippen molar-refractivity contribution in [3.8, 4) is 0 Å². The van der Waals surface area contributed by atoms with Gasteiger partial charge in [0, 0.05) is 19.1 Å². The molecule has 118 valence electrons. The van der Waals surface area contributed by atoms with Crippen LogP contribution >= 0.6 is 0 Å². The minimum atomic E-state index is -3.45. The highest BCUT2D eigenvalue weighted by Gasteiger charge is 2.31. The number of nitrogen functional groups attached to an aromatic ring is 1. The number of nitrogens with two attached hydrogens (primary N) is 1. The zero-order chi connectivity index (χ0) is 15.6. The van der Waals surface area contributed by atoms with Crippen molar-refractivity contribution in [1.82, 2.24) is 4.72 Å². The lowest BCUT2D eigenvalue weighted by Crippen LogP contribution is -2.31. The van der Waals surface area contributed by atoms with Crippen LogP contribution in [0.4, 0.5) is 11.4 Å². The fraction of sp³-hybridized carbons (Fsp3) is 0.600. The van der Waals surface area contributed by atoms with Gasteiger partial charge in [-0.3, -0.25) is 0 Å². The maximum atomic E-state index is 12.2. The molecule has 1 saturated carbocycles. The number of anilines is 2. The van der Waals surface area contributed by atoms with E-state index in [1.807, 2.05) is 0 Å². The Kier molecular flexibility index (Phi) is 4.78. The topological polar surface area (TPSA) is 75.4 Å². The van der Waals surface area contributed by atoms with Crippen molar-refractivity contribution in [2.75, 3.05) is 23.7 Å². The highest BCUT2D eigenvalue weighted by molar-refractivity contribution is 7.89. The van der Waals surface area contributed by atoms with Crippen LogP contribution in [0.15, 0.2) is 23.1 Å². The van der Waals surface area contributed by atoms with E-state index in [4.69, 9.17) is 5.73 Å². The maximum Gasteiger partial charge on any atom is 0.240 e. The largest absolute Gasteiger partial charge is 0.397 e. The van der Waals surface area contributed by atoms with E-state index >= 15 is 0 Å². The summed E-state index contributed by atoms with van der Waals surface area (Å²) in [5.41, 5.74) is 7.57. The molecule has 1 fully saturated rings. The monoisotopic (exact) mass is 311 g/mol. The molecule has 1 aromatic rings. The van der Waals surface area contributed by atoms with Gasteiger partial charge < -0.3 is 10.6 Å². The van der Waals surface area contributed by atoms with E-state index in [1.165, 1.54) is 0 Å². The third-order valence-electron chi connectivity index (χ3n) is 3.51. The van der Waals surface area contributed by atoms with E-state index in [9.17, 15) is 8.42 Å². The quantitative estimate of drug-likeness (QED) is 0.757. The summed E-state index contributed by atoms with van der Waals surface area (Å²) in [5, 5.41) is 0. The molecule has 1 aromatic carbocycles. The Hall–Kier alpha value is -1.27. The van der Waals surface area contributed by atoms with Gasteiger partial charge in [-0.05, 0) is 37.0 Å². The molecule has 3 N–H and O–H groups in total. The average molecular weight is 311 g/mol. The number of hydrogen-bond acceptors (Lipinski definition) is 4. The molecule has 2 rings (SSSR count). The molecular formula is C15H25N3O2S. The molecule has 21 heavy (non-hydrogen) atoms.